The van der Waals surface area contributed by atoms with Gasteiger partial charge in [-0.15, -0.1) is 0 Å². The fraction of sp³-hybridized carbons (Fsp3) is 0.0667. The quantitative estimate of drug-likeness (QED) is 0.645. The first kappa shape index (κ1) is 16.4. The Morgan fingerprint density at radius 3 is 2.61 bits per heavy atom. The minimum absolute atomic E-state index is 0.00641. The molecule has 2 aromatic carbocycles. The molecular weight excluding hydrogens is 322 g/mol. The number of non-ortho nitro benzene ring substituents is 1. The van der Waals surface area contributed by atoms with E-state index in [-0.39, 0.29) is 22.8 Å². The molecule has 0 radical (unpaired) electrons. The van der Waals surface area contributed by atoms with E-state index >= 15 is 0 Å². The number of nitro benzene ring substituents is 1. The van der Waals surface area contributed by atoms with Crippen molar-refractivity contribution in [2.75, 3.05) is 0 Å². The van der Waals surface area contributed by atoms with Crippen LogP contribution in [0.5, 0.6) is 0 Å². The monoisotopic (exact) mass is 333 g/mol. The van der Waals surface area contributed by atoms with Crippen molar-refractivity contribution in [2.45, 2.75) is 6.54 Å². The van der Waals surface area contributed by atoms with Gasteiger partial charge in [0.05, 0.1) is 15.5 Å². The topological polar surface area (TPSA) is 115 Å². The molecule has 0 fully saturated rings. The van der Waals surface area contributed by atoms with Crippen LogP contribution in [0.1, 0.15) is 26.3 Å². The Labute approximate surface area is 136 Å². The summed E-state index contributed by atoms with van der Waals surface area (Å²) in [6.45, 7) is 0.124. The van der Waals surface area contributed by atoms with E-state index in [4.69, 9.17) is 17.3 Å². The van der Waals surface area contributed by atoms with Gasteiger partial charge in [-0.1, -0.05) is 23.7 Å². The number of hydrogen-bond acceptors (Lipinski definition) is 4. The second kappa shape index (κ2) is 6.89. The van der Waals surface area contributed by atoms with Gasteiger partial charge in [0.2, 0.25) is 5.91 Å². The molecule has 8 heteroatoms. The smallest absolute Gasteiger partial charge is 0.270 e. The number of nitrogens with zero attached hydrogens (tertiary/aromatic N) is 1. The van der Waals surface area contributed by atoms with Crippen LogP contribution in [0.4, 0.5) is 5.69 Å². The summed E-state index contributed by atoms with van der Waals surface area (Å²) in [6.07, 6.45) is 0. The van der Waals surface area contributed by atoms with E-state index in [0.717, 1.165) is 6.07 Å². The Kier molecular flexibility index (Phi) is 4.92. The van der Waals surface area contributed by atoms with Gasteiger partial charge in [-0.05, 0) is 23.8 Å². The number of rotatable bonds is 5. The molecule has 0 aliphatic carbocycles. The highest BCUT2D eigenvalue weighted by Crippen LogP contribution is 2.22. The van der Waals surface area contributed by atoms with Gasteiger partial charge >= 0.3 is 0 Å². The van der Waals surface area contributed by atoms with Crippen LogP contribution in [0.2, 0.25) is 5.02 Å². The van der Waals surface area contributed by atoms with Gasteiger partial charge in [-0.25, -0.2) is 0 Å². The van der Waals surface area contributed by atoms with Gasteiger partial charge in [-0.3, -0.25) is 19.7 Å². The highest BCUT2D eigenvalue weighted by atomic mass is 35.5. The molecule has 0 saturated carbocycles. The molecule has 23 heavy (non-hydrogen) atoms. The third-order valence-corrected chi connectivity index (χ3v) is 3.40. The Hall–Kier alpha value is -2.93. The molecule has 0 atom stereocenters. The molecule has 0 aromatic heterocycles. The standard InChI is InChI=1S/C15H12ClN3O4/c16-13-5-4-11(19(22)23)7-12(13)15(21)18-8-9-2-1-3-10(6-9)14(17)20/h1-7H,8H2,(H2,17,20)(H,18,21). The van der Waals surface area contributed by atoms with Crippen molar-refractivity contribution in [1.29, 1.82) is 0 Å². The van der Waals surface area contributed by atoms with Gasteiger partial charge < -0.3 is 11.1 Å². The number of nitro groups is 1. The summed E-state index contributed by atoms with van der Waals surface area (Å²) in [6, 6.07) is 10.1. The highest BCUT2D eigenvalue weighted by molar-refractivity contribution is 6.33. The second-order valence-electron chi connectivity index (χ2n) is 4.67. The molecule has 3 N–H and O–H groups in total. The van der Waals surface area contributed by atoms with Gasteiger partial charge in [0.1, 0.15) is 0 Å². The van der Waals surface area contributed by atoms with Crippen molar-refractivity contribution in [2.24, 2.45) is 5.73 Å². The lowest BCUT2D eigenvalue weighted by Crippen LogP contribution is -2.23. The molecule has 0 aliphatic heterocycles. The van der Waals surface area contributed by atoms with Crippen LogP contribution in [0, 0.1) is 10.1 Å². The molecule has 118 valence electrons. The van der Waals surface area contributed by atoms with Crippen LogP contribution < -0.4 is 11.1 Å². The molecule has 2 aromatic rings. The maximum absolute atomic E-state index is 12.1. The predicted octanol–water partition coefficient (Wildman–Crippen LogP) is 2.28. The van der Waals surface area contributed by atoms with Crippen LogP contribution in [-0.4, -0.2) is 16.7 Å². The summed E-state index contributed by atoms with van der Waals surface area (Å²) in [5.74, 6) is -1.12. The first-order valence-electron chi connectivity index (χ1n) is 6.49. The van der Waals surface area contributed by atoms with E-state index in [1.165, 1.54) is 12.1 Å². The zero-order valence-electron chi connectivity index (χ0n) is 11.8. The predicted molar refractivity (Wildman–Crippen MR) is 84.2 cm³/mol. The van der Waals surface area contributed by atoms with Crippen molar-refractivity contribution < 1.29 is 14.5 Å². The zero-order chi connectivity index (χ0) is 17.0. The first-order chi connectivity index (χ1) is 10.9. The zero-order valence-corrected chi connectivity index (χ0v) is 12.5. The van der Waals surface area contributed by atoms with Gasteiger partial charge in [-0.2, -0.15) is 0 Å². The Morgan fingerprint density at radius 1 is 1.22 bits per heavy atom. The van der Waals surface area contributed by atoms with Gasteiger partial charge in [0, 0.05) is 24.2 Å². The summed E-state index contributed by atoms with van der Waals surface area (Å²) >= 11 is 5.90. The Balaban J connectivity index is 2.14. The summed E-state index contributed by atoms with van der Waals surface area (Å²) in [4.78, 5) is 33.4. The minimum Gasteiger partial charge on any atom is -0.366 e. The average molecular weight is 334 g/mol. The molecule has 0 unspecified atom stereocenters. The summed E-state index contributed by atoms with van der Waals surface area (Å²) in [5, 5.41) is 13.5. The SMILES string of the molecule is NC(=O)c1cccc(CNC(=O)c2cc([N+](=O)[O-])ccc2Cl)c1. The summed E-state index contributed by atoms with van der Waals surface area (Å²) in [5.41, 5.74) is 5.95. The number of halogens is 1. The second-order valence-corrected chi connectivity index (χ2v) is 5.08. The largest absolute Gasteiger partial charge is 0.366 e. The summed E-state index contributed by atoms with van der Waals surface area (Å²) in [7, 11) is 0. The first-order valence-corrected chi connectivity index (χ1v) is 6.87. The number of nitrogens with one attached hydrogen (secondary N) is 1. The minimum atomic E-state index is -0.608. The number of primary amides is 1. The van der Waals surface area contributed by atoms with Crippen LogP contribution in [0.25, 0.3) is 0 Å². The molecule has 7 nitrogen and oxygen atoms in total. The highest BCUT2D eigenvalue weighted by Gasteiger charge is 2.15. The van der Waals surface area contributed by atoms with Crippen LogP contribution >= 0.6 is 11.6 Å². The van der Waals surface area contributed by atoms with E-state index in [9.17, 15) is 19.7 Å². The molecule has 0 heterocycles. The van der Waals surface area contributed by atoms with E-state index in [2.05, 4.69) is 5.32 Å². The van der Waals surface area contributed by atoms with E-state index in [1.807, 2.05) is 0 Å². The third kappa shape index (κ3) is 4.04. The van der Waals surface area contributed by atoms with Crippen molar-refractivity contribution in [3.05, 3.63) is 74.3 Å². The lowest BCUT2D eigenvalue weighted by Gasteiger charge is -2.07. The van der Waals surface area contributed by atoms with E-state index in [0.29, 0.717) is 11.1 Å². The Bertz CT molecular complexity index is 792. The molecular formula is C15H12ClN3O4. The molecule has 2 rings (SSSR count). The lowest BCUT2D eigenvalue weighted by atomic mass is 10.1. The number of hydrogen-bond donors (Lipinski definition) is 2. The van der Waals surface area contributed by atoms with Crippen molar-refractivity contribution in [1.82, 2.24) is 5.32 Å². The van der Waals surface area contributed by atoms with Crippen molar-refractivity contribution >= 4 is 29.1 Å². The van der Waals surface area contributed by atoms with Crippen molar-refractivity contribution in [3.63, 3.8) is 0 Å². The number of nitrogens with two attached hydrogens (primary N) is 1. The third-order valence-electron chi connectivity index (χ3n) is 3.07. The van der Waals surface area contributed by atoms with Crippen molar-refractivity contribution in [3.8, 4) is 0 Å². The fourth-order valence-corrected chi connectivity index (χ4v) is 2.12. The maximum Gasteiger partial charge on any atom is 0.270 e. The van der Waals surface area contributed by atoms with Gasteiger partial charge in [0.25, 0.3) is 11.6 Å². The van der Waals surface area contributed by atoms with Crippen LogP contribution in [-0.2, 0) is 6.54 Å². The molecule has 2 amide bonds. The van der Waals surface area contributed by atoms with E-state index < -0.39 is 16.7 Å². The fourth-order valence-electron chi connectivity index (χ4n) is 1.91. The van der Waals surface area contributed by atoms with Gasteiger partial charge in [0.15, 0.2) is 0 Å². The van der Waals surface area contributed by atoms with Crippen LogP contribution in [0.3, 0.4) is 0 Å². The van der Waals surface area contributed by atoms with Crippen LogP contribution in [0.15, 0.2) is 42.5 Å². The number of amides is 2. The molecule has 0 saturated heterocycles. The number of carbonyl (C=O) groups excluding carboxylic acids is 2. The number of carbonyl (C=O) groups is 2. The Morgan fingerprint density at radius 2 is 1.96 bits per heavy atom. The maximum atomic E-state index is 12.1. The summed E-state index contributed by atoms with van der Waals surface area (Å²) < 4.78 is 0. The molecule has 0 aliphatic rings. The molecule has 0 spiro atoms. The molecule has 0 bridgehead atoms. The lowest BCUT2D eigenvalue weighted by molar-refractivity contribution is -0.384. The average Bonchev–Trinajstić information content (AvgIpc) is 2.53. The van der Waals surface area contributed by atoms with E-state index in [1.54, 1.807) is 24.3 Å². The number of benzene rings is 2. The normalized spacial score (nSPS) is 10.1.